The van der Waals surface area contributed by atoms with E-state index in [1.165, 1.54) is 11.2 Å². The van der Waals surface area contributed by atoms with Crippen LogP contribution in [-0.4, -0.2) is 32.6 Å². The van der Waals surface area contributed by atoms with Crippen molar-refractivity contribution in [1.82, 2.24) is 19.5 Å². The Morgan fingerprint density at radius 1 is 1.04 bits per heavy atom. The predicted molar refractivity (Wildman–Crippen MR) is 109 cm³/mol. The standard InChI is InChI=1S/C21H21N5S/c1-2-4-19-16(3-1)5-6-20(24-19)25-10-7-17(8-11-25)21-22-9-12-26(21)13-18-14-27-15-23-18/h1-6,9,12,14-15,17H,7-8,10-11,13H2. The summed E-state index contributed by atoms with van der Waals surface area (Å²) in [6, 6.07) is 12.6. The molecule has 1 aliphatic heterocycles. The van der Waals surface area contributed by atoms with Crippen molar-refractivity contribution < 1.29 is 0 Å². The van der Waals surface area contributed by atoms with Gasteiger partial charge in [-0.3, -0.25) is 0 Å². The molecule has 6 heteroatoms. The van der Waals surface area contributed by atoms with Crippen LogP contribution in [0.2, 0.25) is 0 Å². The van der Waals surface area contributed by atoms with Gasteiger partial charge in [-0.15, -0.1) is 11.3 Å². The van der Waals surface area contributed by atoms with Gasteiger partial charge in [-0.1, -0.05) is 18.2 Å². The van der Waals surface area contributed by atoms with Crippen LogP contribution >= 0.6 is 11.3 Å². The molecule has 3 aromatic heterocycles. The Kier molecular flexibility index (Phi) is 4.33. The van der Waals surface area contributed by atoms with Crippen molar-refractivity contribution in [3.63, 3.8) is 0 Å². The molecule has 136 valence electrons. The molecule has 1 aromatic carbocycles. The number of para-hydroxylation sites is 1. The van der Waals surface area contributed by atoms with Crippen molar-refractivity contribution in [3.8, 4) is 0 Å². The Hall–Kier alpha value is -2.73. The number of pyridine rings is 1. The van der Waals surface area contributed by atoms with E-state index in [0.29, 0.717) is 5.92 Å². The second-order valence-corrected chi connectivity index (χ2v) is 7.74. The molecule has 4 heterocycles. The third-order valence-corrected chi connectivity index (χ3v) is 5.97. The van der Waals surface area contributed by atoms with E-state index in [1.807, 2.05) is 17.8 Å². The number of piperidine rings is 1. The van der Waals surface area contributed by atoms with Gasteiger partial charge in [0.25, 0.3) is 0 Å². The van der Waals surface area contributed by atoms with E-state index < -0.39 is 0 Å². The lowest BCUT2D eigenvalue weighted by molar-refractivity contribution is 0.468. The van der Waals surface area contributed by atoms with Gasteiger partial charge in [0.05, 0.1) is 23.3 Å². The highest BCUT2D eigenvalue weighted by molar-refractivity contribution is 7.07. The second-order valence-electron chi connectivity index (χ2n) is 7.02. The second kappa shape index (κ2) is 7.12. The summed E-state index contributed by atoms with van der Waals surface area (Å²) in [6.45, 7) is 2.84. The Morgan fingerprint density at radius 3 is 2.78 bits per heavy atom. The first-order chi connectivity index (χ1) is 13.4. The van der Waals surface area contributed by atoms with Crippen molar-refractivity contribution in [3.05, 3.63) is 71.2 Å². The fourth-order valence-electron chi connectivity index (χ4n) is 3.90. The van der Waals surface area contributed by atoms with Crippen LogP contribution < -0.4 is 4.90 Å². The molecule has 5 rings (SSSR count). The van der Waals surface area contributed by atoms with E-state index in [9.17, 15) is 0 Å². The fraction of sp³-hybridized carbons (Fsp3) is 0.286. The molecular formula is C21H21N5S. The molecule has 0 unspecified atom stereocenters. The lowest BCUT2D eigenvalue weighted by Gasteiger charge is -2.32. The molecule has 0 spiro atoms. The first kappa shape index (κ1) is 16.4. The van der Waals surface area contributed by atoms with E-state index in [0.717, 1.165) is 49.5 Å². The number of fused-ring (bicyclic) bond motifs is 1. The van der Waals surface area contributed by atoms with E-state index in [-0.39, 0.29) is 0 Å². The number of imidazole rings is 1. The van der Waals surface area contributed by atoms with Gasteiger partial charge in [-0.05, 0) is 31.0 Å². The highest BCUT2D eigenvalue weighted by Crippen LogP contribution is 2.30. The molecule has 4 aromatic rings. The molecule has 0 radical (unpaired) electrons. The SMILES string of the molecule is c1ccc2nc(N3CCC(c4nccn4Cc4cscn4)CC3)ccc2c1. The van der Waals surface area contributed by atoms with Crippen molar-refractivity contribution in [2.24, 2.45) is 0 Å². The van der Waals surface area contributed by atoms with Crippen LogP contribution in [0.4, 0.5) is 5.82 Å². The van der Waals surface area contributed by atoms with E-state index in [2.05, 4.69) is 61.3 Å². The van der Waals surface area contributed by atoms with Gasteiger partial charge in [0.2, 0.25) is 0 Å². The minimum atomic E-state index is 0.496. The molecule has 0 amide bonds. The zero-order valence-electron chi connectivity index (χ0n) is 15.0. The summed E-state index contributed by atoms with van der Waals surface area (Å²) < 4.78 is 2.25. The number of thiazole rings is 1. The number of nitrogens with zero attached hydrogens (tertiary/aromatic N) is 5. The molecule has 0 bridgehead atoms. The third kappa shape index (κ3) is 3.32. The largest absolute Gasteiger partial charge is 0.357 e. The summed E-state index contributed by atoms with van der Waals surface area (Å²) in [6.07, 6.45) is 6.19. The quantitative estimate of drug-likeness (QED) is 0.533. The number of rotatable bonds is 4. The maximum atomic E-state index is 4.85. The fourth-order valence-corrected chi connectivity index (χ4v) is 4.45. The molecule has 0 atom stereocenters. The van der Waals surface area contributed by atoms with Crippen molar-refractivity contribution >= 4 is 28.1 Å². The first-order valence-corrected chi connectivity index (χ1v) is 10.3. The summed E-state index contributed by atoms with van der Waals surface area (Å²) in [4.78, 5) is 16.3. The monoisotopic (exact) mass is 375 g/mol. The van der Waals surface area contributed by atoms with Crippen molar-refractivity contribution in [1.29, 1.82) is 0 Å². The average Bonchev–Trinajstić information content (AvgIpc) is 3.40. The number of anilines is 1. The van der Waals surface area contributed by atoms with Crippen molar-refractivity contribution in [2.45, 2.75) is 25.3 Å². The summed E-state index contributed by atoms with van der Waals surface area (Å²) >= 11 is 1.64. The van der Waals surface area contributed by atoms with Gasteiger partial charge in [0.15, 0.2) is 0 Å². The predicted octanol–water partition coefficient (Wildman–Crippen LogP) is 4.32. The van der Waals surface area contributed by atoms with Gasteiger partial charge >= 0.3 is 0 Å². The van der Waals surface area contributed by atoms with Crippen molar-refractivity contribution in [2.75, 3.05) is 18.0 Å². The van der Waals surface area contributed by atoms with Crippen LogP contribution in [0.15, 0.2) is 59.7 Å². The summed E-state index contributed by atoms with van der Waals surface area (Å²) in [5, 5.41) is 3.30. The normalized spacial score (nSPS) is 15.5. The topological polar surface area (TPSA) is 46.8 Å². The number of benzene rings is 1. The Labute approximate surface area is 162 Å². The number of aromatic nitrogens is 4. The van der Waals surface area contributed by atoms with Gasteiger partial charge in [0, 0.05) is 42.2 Å². The Balaban J connectivity index is 1.29. The Morgan fingerprint density at radius 2 is 1.93 bits per heavy atom. The zero-order valence-corrected chi connectivity index (χ0v) is 15.8. The smallest absolute Gasteiger partial charge is 0.129 e. The minimum Gasteiger partial charge on any atom is -0.357 e. The van der Waals surface area contributed by atoms with Crippen LogP contribution in [-0.2, 0) is 6.54 Å². The van der Waals surface area contributed by atoms with E-state index in [4.69, 9.17) is 4.98 Å². The van der Waals surface area contributed by atoms with Gasteiger partial charge in [-0.25, -0.2) is 15.0 Å². The van der Waals surface area contributed by atoms with E-state index in [1.54, 1.807) is 11.3 Å². The van der Waals surface area contributed by atoms with Crippen LogP contribution in [0.1, 0.15) is 30.3 Å². The maximum Gasteiger partial charge on any atom is 0.129 e. The van der Waals surface area contributed by atoms with Gasteiger partial charge in [-0.2, -0.15) is 0 Å². The van der Waals surface area contributed by atoms with E-state index >= 15 is 0 Å². The summed E-state index contributed by atoms with van der Waals surface area (Å²) in [5.74, 6) is 2.77. The molecule has 5 nitrogen and oxygen atoms in total. The summed E-state index contributed by atoms with van der Waals surface area (Å²) in [5.41, 5.74) is 4.06. The van der Waals surface area contributed by atoms with Crippen LogP contribution in [0.3, 0.4) is 0 Å². The minimum absolute atomic E-state index is 0.496. The molecule has 1 fully saturated rings. The molecule has 0 aliphatic carbocycles. The third-order valence-electron chi connectivity index (χ3n) is 5.33. The van der Waals surface area contributed by atoms with Gasteiger partial charge < -0.3 is 9.47 Å². The lowest BCUT2D eigenvalue weighted by Crippen LogP contribution is -2.34. The summed E-state index contributed by atoms with van der Waals surface area (Å²) in [7, 11) is 0. The van der Waals surface area contributed by atoms with Crippen LogP contribution in [0.5, 0.6) is 0 Å². The average molecular weight is 376 g/mol. The lowest BCUT2D eigenvalue weighted by atomic mass is 9.95. The maximum absolute atomic E-state index is 4.85. The first-order valence-electron chi connectivity index (χ1n) is 9.36. The highest BCUT2D eigenvalue weighted by atomic mass is 32.1. The number of hydrogen-bond acceptors (Lipinski definition) is 5. The van der Waals surface area contributed by atoms with Gasteiger partial charge in [0.1, 0.15) is 11.6 Å². The molecule has 0 saturated carbocycles. The Bertz CT molecular complexity index is 1030. The molecule has 1 saturated heterocycles. The number of hydrogen-bond donors (Lipinski definition) is 0. The molecular weight excluding hydrogens is 354 g/mol. The van der Waals surface area contributed by atoms with Crippen LogP contribution in [0, 0.1) is 0 Å². The molecule has 0 N–H and O–H groups in total. The van der Waals surface area contributed by atoms with Crippen LogP contribution in [0.25, 0.3) is 10.9 Å². The molecule has 27 heavy (non-hydrogen) atoms. The zero-order chi connectivity index (χ0) is 18.1. The highest BCUT2D eigenvalue weighted by Gasteiger charge is 2.24. The molecule has 1 aliphatic rings.